The summed E-state index contributed by atoms with van der Waals surface area (Å²) in [5.41, 5.74) is 1.20. The van der Waals surface area contributed by atoms with Gasteiger partial charge in [0.25, 0.3) is 0 Å². The molecule has 19 heavy (non-hydrogen) atoms. The van der Waals surface area contributed by atoms with Crippen molar-refractivity contribution in [1.29, 1.82) is 0 Å². The molecule has 102 valence electrons. The number of carbonyl (C=O) groups is 2. The number of nitrogens with one attached hydrogen (secondary N) is 1. The van der Waals surface area contributed by atoms with Crippen molar-refractivity contribution < 1.29 is 14.7 Å². The van der Waals surface area contributed by atoms with Gasteiger partial charge in [0.05, 0.1) is 24.1 Å². The topological polar surface area (TPSA) is 79.3 Å². The molecule has 1 saturated carbocycles. The third kappa shape index (κ3) is 2.59. The lowest BCUT2D eigenvalue weighted by atomic mass is 10.1. The van der Waals surface area contributed by atoms with E-state index >= 15 is 0 Å². The van der Waals surface area contributed by atoms with Gasteiger partial charge in [0.1, 0.15) is 0 Å². The maximum absolute atomic E-state index is 12.0. The first-order chi connectivity index (χ1) is 8.84. The number of aliphatic carboxylic acids is 1. The molecule has 1 amide bonds. The van der Waals surface area contributed by atoms with Gasteiger partial charge in [-0.1, -0.05) is 19.9 Å². The zero-order chi connectivity index (χ0) is 14.2. The van der Waals surface area contributed by atoms with Crippen molar-refractivity contribution in [2.75, 3.05) is 0 Å². The SMILES string of the molecule is Cc1cccc(CNC(=O)C2C(C(=O)O)C2(C)C)n1. The monoisotopic (exact) mass is 262 g/mol. The second kappa shape index (κ2) is 4.64. The smallest absolute Gasteiger partial charge is 0.307 e. The van der Waals surface area contributed by atoms with E-state index < -0.39 is 23.2 Å². The van der Waals surface area contributed by atoms with Crippen molar-refractivity contribution >= 4 is 11.9 Å². The zero-order valence-electron chi connectivity index (χ0n) is 11.3. The normalized spacial score (nSPS) is 23.7. The van der Waals surface area contributed by atoms with Crippen LogP contribution in [0.2, 0.25) is 0 Å². The lowest BCUT2D eigenvalue weighted by molar-refractivity contribution is -0.140. The van der Waals surface area contributed by atoms with E-state index in [-0.39, 0.29) is 5.91 Å². The predicted molar refractivity (Wildman–Crippen MR) is 69.2 cm³/mol. The number of amides is 1. The number of hydrogen-bond donors (Lipinski definition) is 2. The Kier molecular flexibility index (Phi) is 3.30. The van der Waals surface area contributed by atoms with Crippen molar-refractivity contribution in [3.63, 3.8) is 0 Å². The minimum atomic E-state index is -0.904. The quantitative estimate of drug-likeness (QED) is 0.858. The highest BCUT2D eigenvalue weighted by Gasteiger charge is 2.65. The van der Waals surface area contributed by atoms with Crippen molar-refractivity contribution in [2.24, 2.45) is 17.3 Å². The summed E-state index contributed by atoms with van der Waals surface area (Å²) in [6, 6.07) is 5.60. The van der Waals surface area contributed by atoms with Crippen LogP contribution in [0.15, 0.2) is 18.2 Å². The van der Waals surface area contributed by atoms with Gasteiger partial charge >= 0.3 is 5.97 Å². The molecule has 0 aromatic carbocycles. The number of hydrogen-bond acceptors (Lipinski definition) is 3. The maximum atomic E-state index is 12.0. The molecule has 1 aromatic rings. The Balaban J connectivity index is 1.95. The molecule has 0 spiro atoms. The fourth-order valence-electron chi connectivity index (χ4n) is 2.57. The van der Waals surface area contributed by atoms with Crippen LogP contribution in [0.25, 0.3) is 0 Å². The van der Waals surface area contributed by atoms with Crippen molar-refractivity contribution in [2.45, 2.75) is 27.3 Å². The standard InChI is InChI=1S/C14H18N2O3/c1-8-5-4-6-9(16-8)7-15-12(17)10-11(13(18)19)14(10,2)3/h4-6,10-11H,7H2,1-3H3,(H,15,17)(H,18,19). The minimum Gasteiger partial charge on any atom is -0.481 e. The van der Waals surface area contributed by atoms with Gasteiger partial charge in [-0.25, -0.2) is 0 Å². The molecule has 0 aliphatic heterocycles. The summed E-state index contributed by atoms with van der Waals surface area (Å²) in [7, 11) is 0. The summed E-state index contributed by atoms with van der Waals surface area (Å²) in [6.07, 6.45) is 0. The van der Waals surface area contributed by atoms with Crippen LogP contribution in [-0.4, -0.2) is 22.0 Å². The first-order valence-electron chi connectivity index (χ1n) is 6.27. The van der Waals surface area contributed by atoms with E-state index in [1.807, 2.05) is 25.1 Å². The molecule has 5 nitrogen and oxygen atoms in total. The van der Waals surface area contributed by atoms with Crippen molar-refractivity contribution in [1.82, 2.24) is 10.3 Å². The van der Waals surface area contributed by atoms with E-state index in [1.54, 1.807) is 13.8 Å². The molecule has 5 heteroatoms. The molecular formula is C14H18N2O3. The van der Waals surface area contributed by atoms with E-state index in [2.05, 4.69) is 10.3 Å². The molecule has 1 heterocycles. The maximum Gasteiger partial charge on any atom is 0.307 e. The van der Waals surface area contributed by atoms with Gasteiger partial charge < -0.3 is 10.4 Å². The van der Waals surface area contributed by atoms with E-state index in [1.165, 1.54) is 0 Å². The van der Waals surface area contributed by atoms with Crippen LogP contribution in [0.4, 0.5) is 0 Å². The molecule has 0 bridgehead atoms. The Bertz CT molecular complexity index is 525. The lowest BCUT2D eigenvalue weighted by Gasteiger charge is -2.06. The Morgan fingerprint density at radius 3 is 2.58 bits per heavy atom. The van der Waals surface area contributed by atoms with Gasteiger partial charge in [-0.15, -0.1) is 0 Å². The first kappa shape index (κ1) is 13.5. The van der Waals surface area contributed by atoms with Gasteiger partial charge in [-0.3, -0.25) is 14.6 Å². The molecule has 1 aromatic heterocycles. The summed E-state index contributed by atoms with van der Waals surface area (Å²) in [5, 5.41) is 11.8. The van der Waals surface area contributed by atoms with Crippen LogP contribution in [0.5, 0.6) is 0 Å². The second-order valence-electron chi connectivity index (χ2n) is 5.60. The molecule has 1 aliphatic carbocycles. The van der Waals surface area contributed by atoms with Gasteiger partial charge in [-0.2, -0.15) is 0 Å². The molecule has 1 aliphatic rings. The van der Waals surface area contributed by atoms with Crippen LogP contribution >= 0.6 is 0 Å². The Hall–Kier alpha value is -1.91. The van der Waals surface area contributed by atoms with Crippen LogP contribution in [-0.2, 0) is 16.1 Å². The number of pyridine rings is 1. The molecule has 1 fully saturated rings. The predicted octanol–water partition coefficient (Wildman–Crippen LogP) is 1.36. The van der Waals surface area contributed by atoms with Gasteiger partial charge in [0.2, 0.25) is 5.91 Å². The molecule has 2 atom stereocenters. The highest BCUT2D eigenvalue weighted by molar-refractivity contribution is 5.91. The van der Waals surface area contributed by atoms with Crippen LogP contribution in [0, 0.1) is 24.2 Å². The molecule has 0 radical (unpaired) electrons. The zero-order valence-corrected chi connectivity index (χ0v) is 11.3. The Morgan fingerprint density at radius 2 is 2.05 bits per heavy atom. The van der Waals surface area contributed by atoms with E-state index in [4.69, 9.17) is 5.11 Å². The van der Waals surface area contributed by atoms with Crippen LogP contribution < -0.4 is 5.32 Å². The van der Waals surface area contributed by atoms with E-state index in [0.717, 1.165) is 11.4 Å². The van der Waals surface area contributed by atoms with Crippen LogP contribution in [0.3, 0.4) is 0 Å². The number of carboxylic acids is 1. The minimum absolute atomic E-state index is 0.208. The summed E-state index contributed by atoms with van der Waals surface area (Å²) >= 11 is 0. The van der Waals surface area contributed by atoms with Crippen LogP contribution in [0.1, 0.15) is 25.2 Å². The third-order valence-electron chi connectivity index (χ3n) is 3.77. The van der Waals surface area contributed by atoms with Gasteiger partial charge in [0.15, 0.2) is 0 Å². The number of aryl methyl sites for hydroxylation is 1. The summed E-state index contributed by atoms with van der Waals surface area (Å²) < 4.78 is 0. The highest BCUT2D eigenvalue weighted by atomic mass is 16.4. The van der Waals surface area contributed by atoms with Crippen molar-refractivity contribution in [3.8, 4) is 0 Å². The average molecular weight is 262 g/mol. The van der Waals surface area contributed by atoms with E-state index in [0.29, 0.717) is 6.54 Å². The van der Waals surface area contributed by atoms with Crippen molar-refractivity contribution in [3.05, 3.63) is 29.6 Å². The van der Waals surface area contributed by atoms with Gasteiger partial charge in [-0.05, 0) is 24.5 Å². The number of nitrogens with zero attached hydrogens (tertiary/aromatic N) is 1. The fourth-order valence-corrected chi connectivity index (χ4v) is 2.57. The average Bonchev–Trinajstić information content (AvgIpc) is 2.90. The number of aromatic nitrogens is 1. The van der Waals surface area contributed by atoms with E-state index in [9.17, 15) is 9.59 Å². The number of carboxylic acid groups (broad SMARTS) is 1. The first-order valence-corrected chi connectivity index (χ1v) is 6.27. The fraction of sp³-hybridized carbons (Fsp3) is 0.500. The summed E-state index contributed by atoms with van der Waals surface area (Å²) in [5.74, 6) is -2.15. The molecule has 2 unspecified atom stereocenters. The second-order valence-corrected chi connectivity index (χ2v) is 5.60. The Labute approximate surface area is 112 Å². The lowest BCUT2D eigenvalue weighted by Crippen LogP contribution is -2.27. The largest absolute Gasteiger partial charge is 0.481 e. The number of rotatable bonds is 4. The molecular weight excluding hydrogens is 244 g/mol. The summed E-state index contributed by atoms with van der Waals surface area (Å²) in [6.45, 7) is 5.83. The molecule has 2 rings (SSSR count). The third-order valence-corrected chi connectivity index (χ3v) is 3.77. The Morgan fingerprint density at radius 1 is 1.37 bits per heavy atom. The van der Waals surface area contributed by atoms with Gasteiger partial charge in [0, 0.05) is 5.69 Å². The molecule has 0 saturated heterocycles. The molecule has 2 N–H and O–H groups in total. The highest BCUT2D eigenvalue weighted by Crippen LogP contribution is 2.58. The number of carbonyl (C=O) groups excluding carboxylic acids is 1. The summed E-state index contributed by atoms with van der Waals surface area (Å²) in [4.78, 5) is 27.3.